The quantitative estimate of drug-likeness (QED) is 0.778. The van der Waals surface area contributed by atoms with Gasteiger partial charge in [0.2, 0.25) is 5.89 Å². The van der Waals surface area contributed by atoms with Crippen molar-refractivity contribution in [2.24, 2.45) is 0 Å². The summed E-state index contributed by atoms with van der Waals surface area (Å²) >= 11 is 0. The summed E-state index contributed by atoms with van der Waals surface area (Å²) in [6.45, 7) is 0.481. The van der Waals surface area contributed by atoms with E-state index in [1.807, 2.05) is 6.92 Å². The van der Waals surface area contributed by atoms with Gasteiger partial charge in [-0.1, -0.05) is 5.16 Å². The third-order valence-electron chi connectivity index (χ3n) is 2.02. The Bertz CT molecular complexity index is 340. The minimum atomic E-state index is -4.30. The van der Waals surface area contributed by atoms with Gasteiger partial charge < -0.3 is 14.6 Å². The summed E-state index contributed by atoms with van der Waals surface area (Å²) < 4.78 is 44.6. The van der Waals surface area contributed by atoms with E-state index in [4.69, 9.17) is 4.52 Å². The van der Waals surface area contributed by atoms with Gasteiger partial charge in [0.1, 0.15) is 6.61 Å². The fourth-order valence-electron chi connectivity index (χ4n) is 1.02. The smallest absolute Gasteiger partial charge is 0.372 e. The van der Waals surface area contributed by atoms with Crippen molar-refractivity contribution in [2.45, 2.75) is 25.6 Å². The zero-order valence-electron chi connectivity index (χ0n) is 9.54. The second-order valence-corrected chi connectivity index (χ2v) is 3.48. The summed E-state index contributed by atoms with van der Waals surface area (Å²) in [4.78, 5) is 4.01. The predicted octanol–water partition coefficient (Wildman–Crippen LogP) is 1.47. The maximum atomic E-state index is 11.8. The van der Waals surface area contributed by atoms with Crippen molar-refractivity contribution in [3.63, 3.8) is 0 Å². The van der Waals surface area contributed by atoms with Gasteiger partial charge in [0.05, 0.1) is 12.6 Å². The lowest BCUT2D eigenvalue weighted by Crippen LogP contribution is -2.18. The lowest BCUT2D eigenvalue weighted by atomic mass is 10.3. The Morgan fingerprint density at radius 2 is 2.18 bits per heavy atom. The Kier molecular flexibility index (Phi) is 4.88. The van der Waals surface area contributed by atoms with E-state index in [0.717, 1.165) is 0 Å². The summed E-state index contributed by atoms with van der Waals surface area (Å²) in [5, 5.41) is 6.54. The molecule has 1 heterocycles. The van der Waals surface area contributed by atoms with Gasteiger partial charge in [-0.3, -0.25) is 0 Å². The SMILES string of the molecule is CNC(C)c1nc(CCOCC(F)(F)F)no1. The number of nitrogens with one attached hydrogen (secondary N) is 1. The number of halogens is 3. The fourth-order valence-corrected chi connectivity index (χ4v) is 1.02. The van der Waals surface area contributed by atoms with Crippen molar-refractivity contribution in [1.29, 1.82) is 0 Å². The van der Waals surface area contributed by atoms with Crippen LogP contribution >= 0.6 is 0 Å². The summed E-state index contributed by atoms with van der Waals surface area (Å²) in [6.07, 6.45) is -4.11. The van der Waals surface area contributed by atoms with E-state index < -0.39 is 12.8 Å². The molecule has 0 saturated heterocycles. The number of hydrogen-bond acceptors (Lipinski definition) is 5. The van der Waals surface area contributed by atoms with Crippen LogP contribution in [0, 0.1) is 0 Å². The average molecular weight is 253 g/mol. The lowest BCUT2D eigenvalue weighted by Gasteiger charge is -2.05. The normalized spacial score (nSPS) is 13.9. The third kappa shape index (κ3) is 5.14. The van der Waals surface area contributed by atoms with E-state index in [1.165, 1.54) is 0 Å². The number of rotatable bonds is 6. The van der Waals surface area contributed by atoms with Crippen molar-refractivity contribution in [3.8, 4) is 0 Å². The molecule has 5 nitrogen and oxygen atoms in total. The highest BCUT2D eigenvalue weighted by Gasteiger charge is 2.27. The Labute approximate surface area is 96.3 Å². The number of alkyl halides is 3. The first kappa shape index (κ1) is 13.9. The van der Waals surface area contributed by atoms with Gasteiger partial charge in [0.15, 0.2) is 5.82 Å². The molecular formula is C9H14F3N3O2. The molecule has 8 heteroatoms. The van der Waals surface area contributed by atoms with Crippen molar-refractivity contribution in [1.82, 2.24) is 15.5 Å². The Morgan fingerprint density at radius 3 is 2.76 bits per heavy atom. The van der Waals surface area contributed by atoms with Gasteiger partial charge in [-0.2, -0.15) is 18.2 Å². The molecule has 0 aliphatic rings. The van der Waals surface area contributed by atoms with Gasteiger partial charge in [0, 0.05) is 6.42 Å². The van der Waals surface area contributed by atoms with Gasteiger partial charge in [-0.05, 0) is 14.0 Å². The van der Waals surface area contributed by atoms with E-state index in [0.29, 0.717) is 11.7 Å². The molecule has 0 radical (unpaired) electrons. The highest BCUT2D eigenvalue weighted by atomic mass is 19.4. The Morgan fingerprint density at radius 1 is 1.47 bits per heavy atom. The van der Waals surface area contributed by atoms with Crippen LogP contribution in [-0.2, 0) is 11.2 Å². The van der Waals surface area contributed by atoms with E-state index >= 15 is 0 Å². The molecule has 0 spiro atoms. The van der Waals surface area contributed by atoms with Crippen LogP contribution in [0.5, 0.6) is 0 Å². The molecular weight excluding hydrogens is 239 g/mol. The largest absolute Gasteiger partial charge is 0.411 e. The second-order valence-electron chi connectivity index (χ2n) is 3.48. The number of nitrogens with zero attached hydrogens (tertiary/aromatic N) is 2. The van der Waals surface area contributed by atoms with Gasteiger partial charge in [-0.15, -0.1) is 0 Å². The molecule has 1 N–H and O–H groups in total. The highest BCUT2D eigenvalue weighted by Crippen LogP contribution is 2.14. The number of aromatic nitrogens is 2. The predicted molar refractivity (Wildman–Crippen MR) is 52.4 cm³/mol. The average Bonchev–Trinajstić information content (AvgIpc) is 2.70. The maximum absolute atomic E-state index is 11.8. The topological polar surface area (TPSA) is 60.2 Å². The minimum Gasteiger partial charge on any atom is -0.372 e. The summed E-state index contributed by atoms with van der Waals surface area (Å²) in [5.74, 6) is 0.739. The molecule has 0 amide bonds. The Balaban J connectivity index is 2.30. The molecule has 0 fully saturated rings. The highest BCUT2D eigenvalue weighted by molar-refractivity contribution is 4.91. The molecule has 1 aromatic heterocycles. The molecule has 1 atom stereocenters. The molecule has 0 aliphatic carbocycles. The molecule has 17 heavy (non-hydrogen) atoms. The molecule has 1 rings (SSSR count). The van der Waals surface area contributed by atoms with Crippen LogP contribution in [0.4, 0.5) is 13.2 Å². The molecule has 1 unspecified atom stereocenters. The first-order chi connectivity index (χ1) is 7.92. The minimum absolute atomic E-state index is 0.0904. The zero-order chi connectivity index (χ0) is 12.9. The van der Waals surface area contributed by atoms with E-state index in [9.17, 15) is 13.2 Å². The molecule has 98 valence electrons. The van der Waals surface area contributed by atoms with Crippen LogP contribution in [0.1, 0.15) is 24.7 Å². The first-order valence-electron chi connectivity index (χ1n) is 5.06. The third-order valence-corrected chi connectivity index (χ3v) is 2.02. The van der Waals surface area contributed by atoms with Crippen molar-refractivity contribution < 1.29 is 22.4 Å². The monoisotopic (exact) mass is 253 g/mol. The van der Waals surface area contributed by atoms with Crippen molar-refractivity contribution in [3.05, 3.63) is 11.7 Å². The fraction of sp³-hybridized carbons (Fsp3) is 0.778. The van der Waals surface area contributed by atoms with Gasteiger partial charge in [-0.25, -0.2) is 0 Å². The molecule has 0 bridgehead atoms. The summed E-state index contributed by atoms with van der Waals surface area (Å²) in [5.41, 5.74) is 0. The Hall–Kier alpha value is -1.15. The van der Waals surface area contributed by atoms with Gasteiger partial charge >= 0.3 is 6.18 Å². The van der Waals surface area contributed by atoms with E-state index in [-0.39, 0.29) is 19.1 Å². The number of hydrogen-bond donors (Lipinski definition) is 1. The van der Waals surface area contributed by atoms with E-state index in [1.54, 1.807) is 7.05 Å². The van der Waals surface area contributed by atoms with Crippen LogP contribution in [0.15, 0.2) is 4.52 Å². The summed E-state index contributed by atoms with van der Waals surface area (Å²) in [6, 6.07) is -0.0904. The molecule has 0 aliphatic heterocycles. The zero-order valence-corrected chi connectivity index (χ0v) is 9.54. The van der Waals surface area contributed by atoms with E-state index in [2.05, 4.69) is 20.2 Å². The van der Waals surface area contributed by atoms with Crippen LogP contribution < -0.4 is 5.32 Å². The molecule has 0 aromatic carbocycles. The van der Waals surface area contributed by atoms with Crippen molar-refractivity contribution in [2.75, 3.05) is 20.3 Å². The lowest BCUT2D eigenvalue weighted by molar-refractivity contribution is -0.173. The first-order valence-corrected chi connectivity index (χ1v) is 5.06. The van der Waals surface area contributed by atoms with Crippen LogP contribution in [0.25, 0.3) is 0 Å². The van der Waals surface area contributed by atoms with Crippen LogP contribution in [-0.4, -0.2) is 36.6 Å². The molecule has 0 saturated carbocycles. The van der Waals surface area contributed by atoms with Crippen LogP contribution in [0.3, 0.4) is 0 Å². The standard InChI is InChI=1S/C9H14F3N3O2/c1-6(13-2)8-14-7(15-17-8)3-4-16-5-9(10,11)12/h6,13H,3-5H2,1-2H3. The molecule has 1 aromatic rings. The van der Waals surface area contributed by atoms with Gasteiger partial charge in [0.25, 0.3) is 0 Å². The summed E-state index contributed by atoms with van der Waals surface area (Å²) in [7, 11) is 1.74. The maximum Gasteiger partial charge on any atom is 0.411 e. The number of ether oxygens (including phenoxy) is 1. The van der Waals surface area contributed by atoms with Crippen LogP contribution in [0.2, 0.25) is 0 Å². The van der Waals surface area contributed by atoms with Crippen molar-refractivity contribution >= 4 is 0 Å². The second kappa shape index (κ2) is 5.97.